The van der Waals surface area contributed by atoms with E-state index in [1.165, 1.54) is 11.1 Å². The Kier molecular flexibility index (Phi) is 3.97. The van der Waals surface area contributed by atoms with Gasteiger partial charge in [0.05, 0.1) is 12.2 Å². The molecule has 1 heterocycles. The Morgan fingerprint density at radius 3 is 2.44 bits per heavy atom. The second-order valence-electron chi connectivity index (χ2n) is 4.64. The minimum Gasteiger partial charge on any atom is -0.370 e. The van der Waals surface area contributed by atoms with Crippen LogP contribution in [0.1, 0.15) is 37.0 Å². The highest BCUT2D eigenvalue weighted by molar-refractivity contribution is 5.22. The Labute approximate surface area is 98.0 Å². The minimum absolute atomic E-state index is 0.212. The van der Waals surface area contributed by atoms with Gasteiger partial charge < -0.3 is 10.1 Å². The van der Waals surface area contributed by atoms with Crippen LogP contribution >= 0.6 is 0 Å². The summed E-state index contributed by atoms with van der Waals surface area (Å²) in [4.78, 5) is 0. The van der Waals surface area contributed by atoms with Crippen LogP contribution in [0, 0.1) is 6.92 Å². The van der Waals surface area contributed by atoms with Crippen molar-refractivity contribution >= 4 is 0 Å². The highest BCUT2D eigenvalue weighted by atomic mass is 16.5. The predicted molar refractivity (Wildman–Crippen MR) is 66.6 cm³/mol. The van der Waals surface area contributed by atoms with Gasteiger partial charge in [0, 0.05) is 0 Å². The van der Waals surface area contributed by atoms with E-state index in [1.807, 2.05) is 0 Å². The number of benzene rings is 1. The molecule has 1 aliphatic heterocycles. The first kappa shape index (κ1) is 11.6. The molecule has 2 heteroatoms. The molecular weight excluding hydrogens is 198 g/mol. The van der Waals surface area contributed by atoms with Gasteiger partial charge in [0.25, 0.3) is 0 Å². The number of nitrogens with one attached hydrogen (secondary N) is 1. The first-order valence-electron chi connectivity index (χ1n) is 6.18. The van der Waals surface area contributed by atoms with Gasteiger partial charge >= 0.3 is 0 Å². The van der Waals surface area contributed by atoms with E-state index < -0.39 is 0 Å². The van der Waals surface area contributed by atoms with Crippen LogP contribution in [0.3, 0.4) is 0 Å². The molecule has 2 nitrogen and oxygen atoms in total. The van der Waals surface area contributed by atoms with E-state index >= 15 is 0 Å². The van der Waals surface area contributed by atoms with Crippen LogP contribution in [0.15, 0.2) is 24.3 Å². The number of hydrogen-bond donors (Lipinski definition) is 1. The Bertz CT molecular complexity index is 314. The van der Waals surface area contributed by atoms with E-state index in [0.717, 1.165) is 25.9 Å². The fourth-order valence-corrected chi connectivity index (χ4v) is 2.14. The minimum atomic E-state index is 0.212. The predicted octanol–water partition coefficient (Wildman–Crippen LogP) is 2.82. The summed E-state index contributed by atoms with van der Waals surface area (Å²) in [7, 11) is 0. The number of aryl methyl sites for hydroxylation is 1. The molecule has 0 amide bonds. The summed E-state index contributed by atoms with van der Waals surface area (Å²) < 4.78 is 6.08. The van der Waals surface area contributed by atoms with Gasteiger partial charge in [0.2, 0.25) is 0 Å². The van der Waals surface area contributed by atoms with Crippen LogP contribution < -0.4 is 5.32 Å². The van der Waals surface area contributed by atoms with Crippen molar-refractivity contribution in [1.82, 2.24) is 5.32 Å². The topological polar surface area (TPSA) is 21.3 Å². The summed E-state index contributed by atoms with van der Waals surface area (Å²) in [6, 6.07) is 8.64. The Hall–Kier alpha value is -0.860. The maximum atomic E-state index is 6.08. The fraction of sp³-hybridized carbons (Fsp3) is 0.571. The average Bonchev–Trinajstić information content (AvgIpc) is 2.31. The molecule has 1 aromatic carbocycles. The lowest BCUT2D eigenvalue weighted by atomic mass is 10.1. The molecule has 0 saturated carbocycles. The third-order valence-corrected chi connectivity index (χ3v) is 3.23. The van der Waals surface area contributed by atoms with Crippen molar-refractivity contribution in [1.29, 1.82) is 0 Å². The summed E-state index contributed by atoms with van der Waals surface area (Å²) in [6.07, 6.45) is 2.91. The molecule has 2 rings (SSSR count). The van der Waals surface area contributed by atoms with Crippen molar-refractivity contribution in [3.05, 3.63) is 35.4 Å². The summed E-state index contributed by atoms with van der Waals surface area (Å²) in [6.45, 7) is 6.44. The lowest BCUT2D eigenvalue weighted by Crippen LogP contribution is -2.32. The Morgan fingerprint density at radius 2 is 1.81 bits per heavy atom. The molecule has 1 atom stereocenters. The SMILES string of the molecule is Cc1ccc(C(C)OC2CCNCC2)cc1. The number of rotatable bonds is 3. The van der Waals surface area contributed by atoms with Gasteiger partial charge in [0.1, 0.15) is 0 Å². The lowest BCUT2D eigenvalue weighted by molar-refractivity contribution is -0.0186. The van der Waals surface area contributed by atoms with Gasteiger partial charge in [-0.3, -0.25) is 0 Å². The highest BCUT2D eigenvalue weighted by Crippen LogP contribution is 2.21. The normalized spacial score (nSPS) is 19.6. The van der Waals surface area contributed by atoms with Gasteiger partial charge in [-0.15, -0.1) is 0 Å². The van der Waals surface area contributed by atoms with Crippen LogP contribution in [-0.4, -0.2) is 19.2 Å². The molecule has 0 bridgehead atoms. The van der Waals surface area contributed by atoms with Crippen LogP contribution in [0.25, 0.3) is 0 Å². The van der Waals surface area contributed by atoms with Crippen LogP contribution in [0.5, 0.6) is 0 Å². The zero-order chi connectivity index (χ0) is 11.4. The first-order chi connectivity index (χ1) is 7.75. The zero-order valence-corrected chi connectivity index (χ0v) is 10.2. The molecule has 1 aromatic rings. The van der Waals surface area contributed by atoms with Crippen molar-refractivity contribution in [3.8, 4) is 0 Å². The van der Waals surface area contributed by atoms with Crippen LogP contribution in [0.2, 0.25) is 0 Å². The van der Waals surface area contributed by atoms with E-state index in [4.69, 9.17) is 4.74 Å². The van der Waals surface area contributed by atoms with Gasteiger partial charge in [-0.1, -0.05) is 29.8 Å². The zero-order valence-electron chi connectivity index (χ0n) is 10.2. The maximum Gasteiger partial charge on any atom is 0.0800 e. The summed E-state index contributed by atoms with van der Waals surface area (Å²) in [5, 5.41) is 3.36. The molecule has 16 heavy (non-hydrogen) atoms. The fourth-order valence-electron chi connectivity index (χ4n) is 2.14. The molecule has 88 valence electrons. The van der Waals surface area contributed by atoms with Crippen molar-refractivity contribution in [2.45, 2.75) is 38.9 Å². The second kappa shape index (κ2) is 5.46. The third-order valence-electron chi connectivity index (χ3n) is 3.23. The smallest absolute Gasteiger partial charge is 0.0800 e. The highest BCUT2D eigenvalue weighted by Gasteiger charge is 2.17. The van der Waals surface area contributed by atoms with Gasteiger partial charge in [-0.25, -0.2) is 0 Å². The quantitative estimate of drug-likeness (QED) is 0.844. The van der Waals surface area contributed by atoms with Gasteiger partial charge in [-0.2, -0.15) is 0 Å². The number of hydrogen-bond acceptors (Lipinski definition) is 2. The second-order valence-corrected chi connectivity index (χ2v) is 4.64. The maximum absolute atomic E-state index is 6.08. The van der Waals surface area contributed by atoms with Crippen molar-refractivity contribution < 1.29 is 4.74 Å². The Morgan fingerprint density at radius 1 is 1.19 bits per heavy atom. The average molecular weight is 219 g/mol. The summed E-state index contributed by atoms with van der Waals surface area (Å²) in [5.74, 6) is 0. The summed E-state index contributed by atoms with van der Waals surface area (Å²) in [5.41, 5.74) is 2.59. The Balaban J connectivity index is 1.91. The molecular formula is C14H21NO. The van der Waals surface area contributed by atoms with Gasteiger partial charge in [0.15, 0.2) is 0 Å². The van der Waals surface area contributed by atoms with Gasteiger partial charge in [-0.05, 0) is 45.3 Å². The molecule has 0 radical (unpaired) electrons. The monoisotopic (exact) mass is 219 g/mol. The molecule has 1 fully saturated rings. The standard InChI is InChI=1S/C14H21NO/c1-11-3-5-13(6-4-11)12(2)16-14-7-9-15-10-8-14/h3-6,12,14-15H,7-10H2,1-2H3. The summed E-state index contributed by atoms with van der Waals surface area (Å²) >= 11 is 0. The van der Waals surface area contributed by atoms with E-state index in [9.17, 15) is 0 Å². The van der Waals surface area contributed by atoms with E-state index in [2.05, 4.69) is 43.4 Å². The van der Waals surface area contributed by atoms with Crippen molar-refractivity contribution in [2.24, 2.45) is 0 Å². The molecule has 0 aromatic heterocycles. The van der Waals surface area contributed by atoms with Crippen LogP contribution in [-0.2, 0) is 4.74 Å². The molecule has 1 unspecified atom stereocenters. The lowest BCUT2D eigenvalue weighted by Gasteiger charge is -2.26. The van der Waals surface area contributed by atoms with Crippen molar-refractivity contribution in [3.63, 3.8) is 0 Å². The number of ether oxygens (including phenoxy) is 1. The van der Waals surface area contributed by atoms with E-state index in [1.54, 1.807) is 0 Å². The van der Waals surface area contributed by atoms with E-state index in [-0.39, 0.29) is 6.10 Å². The molecule has 0 aliphatic carbocycles. The molecule has 1 N–H and O–H groups in total. The molecule has 1 saturated heterocycles. The first-order valence-corrected chi connectivity index (χ1v) is 6.18. The molecule has 0 spiro atoms. The third kappa shape index (κ3) is 3.06. The largest absolute Gasteiger partial charge is 0.370 e. The van der Waals surface area contributed by atoms with E-state index in [0.29, 0.717) is 6.10 Å². The number of piperidine rings is 1. The van der Waals surface area contributed by atoms with Crippen molar-refractivity contribution in [2.75, 3.05) is 13.1 Å². The van der Waals surface area contributed by atoms with Crippen LogP contribution in [0.4, 0.5) is 0 Å². The molecule has 1 aliphatic rings.